The number of rotatable bonds is 6. The number of carboxylic acids is 1. The van der Waals surface area contributed by atoms with Gasteiger partial charge in [-0.2, -0.15) is 0 Å². The molecule has 0 heterocycles. The molecule has 0 fully saturated rings. The summed E-state index contributed by atoms with van der Waals surface area (Å²) >= 11 is 0. The first-order chi connectivity index (χ1) is 12.3. The first-order valence-corrected chi connectivity index (χ1v) is 8.55. The predicted molar refractivity (Wildman–Crippen MR) is 99.9 cm³/mol. The minimum Gasteiger partial charge on any atom is -0.481 e. The fourth-order valence-corrected chi connectivity index (χ4v) is 2.55. The molecule has 5 nitrogen and oxygen atoms in total. The summed E-state index contributed by atoms with van der Waals surface area (Å²) in [6.07, 6.45) is -0.852. The van der Waals surface area contributed by atoms with Gasteiger partial charge in [0.25, 0.3) is 0 Å². The maximum Gasteiger partial charge on any atom is 0.407 e. The quantitative estimate of drug-likeness (QED) is 0.804. The average molecular weight is 355 g/mol. The molecule has 0 saturated heterocycles. The standard InChI is InChI=1S/C21H25NO4/c1-21(2,3)17-11-9-16(10-12-17)18(13-19(23)24)22-20(25)26-14-15-7-5-4-6-8-15/h4-12,18H,13-14H2,1-3H3,(H,22,25)(H,23,24)/t18-/m1/s1. The van der Waals surface area contributed by atoms with Gasteiger partial charge in [-0.25, -0.2) is 4.79 Å². The van der Waals surface area contributed by atoms with E-state index in [9.17, 15) is 9.59 Å². The van der Waals surface area contributed by atoms with Crippen molar-refractivity contribution in [3.63, 3.8) is 0 Å². The topological polar surface area (TPSA) is 75.6 Å². The van der Waals surface area contributed by atoms with Crippen LogP contribution in [0.1, 0.15) is 49.9 Å². The van der Waals surface area contributed by atoms with Crippen LogP contribution in [0.4, 0.5) is 4.79 Å². The Labute approximate surface area is 154 Å². The maximum absolute atomic E-state index is 12.1. The molecule has 0 bridgehead atoms. The molecule has 2 rings (SSSR count). The minimum atomic E-state index is -0.988. The number of nitrogens with one attached hydrogen (secondary N) is 1. The van der Waals surface area contributed by atoms with Crippen molar-refractivity contribution in [3.05, 3.63) is 71.3 Å². The number of amides is 1. The van der Waals surface area contributed by atoms with Gasteiger partial charge < -0.3 is 15.2 Å². The van der Waals surface area contributed by atoms with E-state index in [-0.39, 0.29) is 18.4 Å². The Bertz CT molecular complexity index is 733. The Hall–Kier alpha value is -2.82. The third-order valence-electron chi connectivity index (χ3n) is 4.06. The molecule has 138 valence electrons. The van der Waals surface area contributed by atoms with E-state index in [0.717, 1.165) is 16.7 Å². The molecular formula is C21H25NO4. The second kappa shape index (κ2) is 8.52. The van der Waals surface area contributed by atoms with Crippen LogP contribution < -0.4 is 5.32 Å². The monoisotopic (exact) mass is 355 g/mol. The van der Waals surface area contributed by atoms with E-state index in [1.165, 1.54) is 0 Å². The van der Waals surface area contributed by atoms with E-state index in [4.69, 9.17) is 9.84 Å². The molecule has 0 saturated carbocycles. The third kappa shape index (κ3) is 5.92. The Morgan fingerprint density at radius 1 is 1.04 bits per heavy atom. The van der Waals surface area contributed by atoms with Gasteiger partial charge in [-0.05, 0) is 22.1 Å². The summed E-state index contributed by atoms with van der Waals surface area (Å²) in [5.74, 6) is -0.988. The number of alkyl carbamates (subject to hydrolysis) is 1. The van der Waals surface area contributed by atoms with Crippen molar-refractivity contribution in [3.8, 4) is 0 Å². The van der Waals surface area contributed by atoms with Gasteiger partial charge in [0, 0.05) is 0 Å². The van der Waals surface area contributed by atoms with Crippen molar-refractivity contribution >= 4 is 12.1 Å². The molecule has 0 aliphatic rings. The molecule has 0 aliphatic carbocycles. The number of benzene rings is 2. The Morgan fingerprint density at radius 2 is 1.65 bits per heavy atom. The summed E-state index contributed by atoms with van der Waals surface area (Å²) in [6.45, 7) is 6.46. The Kier molecular flexibility index (Phi) is 6.39. The van der Waals surface area contributed by atoms with Crippen LogP contribution in [0, 0.1) is 0 Å². The Morgan fingerprint density at radius 3 is 2.19 bits per heavy atom. The number of aliphatic carboxylic acids is 1. The van der Waals surface area contributed by atoms with Crippen LogP contribution in [-0.2, 0) is 21.6 Å². The van der Waals surface area contributed by atoms with E-state index in [1.807, 2.05) is 54.6 Å². The number of carbonyl (C=O) groups excluding carboxylic acids is 1. The number of carbonyl (C=O) groups is 2. The van der Waals surface area contributed by atoms with Gasteiger partial charge >= 0.3 is 12.1 Å². The van der Waals surface area contributed by atoms with E-state index in [1.54, 1.807) is 0 Å². The minimum absolute atomic E-state index is 0.00284. The zero-order valence-corrected chi connectivity index (χ0v) is 15.4. The molecule has 2 aromatic carbocycles. The predicted octanol–water partition coefficient (Wildman–Crippen LogP) is 4.43. The summed E-state index contributed by atoms with van der Waals surface area (Å²) in [5.41, 5.74) is 2.74. The van der Waals surface area contributed by atoms with Crippen LogP contribution in [-0.4, -0.2) is 17.2 Å². The summed E-state index contributed by atoms with van der Waals surface area (Å²) < 4.78 is 5.20. The van der Waals surface area contributed by atoms with Crippen LogP contribution in [0.15, 0.2) is 54.6 Å². The van der Waals surface area contributed by atoms with Gasteiger partial charge in [0.15, 0.2) is 0 Å². The lowest BCUT2D eigenvalue weighted by atomic mass is 9.86. The van der Waals surface area contributed by atoms with Gasteiger partial charge in [-0.15, -0.1) is 0 Å². The summed E-state index contributed by atoms with van der Waals surface area (Å²) in [4.78, 5) is 23.3. The third-order valence-corrected chi connectivity index (χ3v) is 4.06. The lowest BCUT2D eigenvalue weighted by Gasteiger charge is -2.21. The number of carboxylic acid groups (broad SMARTS) is 1. The zero-order chi connectivity index (χ0) is 19.2. The molecule has 2 N–H and O–H groups in total. The van der Waals surface area contributed by atoms with Gasteiger partial charge in [-0.3, -0.25) is 4.79 Å². The normalized spacial score (nSPS) is 12.3. The molecule has 1 amide bonds. The van der Waals surface area contributed by atoms with Crippen LogP contribution in [0.5, 0.6) is 0 Å². The van der Waals surface area contributed by atoms with Crippen molar-refractivity contribution in [2.75, 3.05) is 0 Å². The maximum atomic E-state index is 12.1. The second-order valence-electron chi connectivity index (χ2n) is 7.23. The van der Waals surface area contributed by atoms with Crippen LogP contribution in [0.3, 0.4) is 0 Å². The van der Waals surface area contributed by atoms with Crippen molar-refractivity contribution in [1.29, 1.82) is 0 Å². The molecular weight excluding hydrogens is 330 g/mol. The number of hydrogen-bond donors (Lipinski definition) is 2. The zero-order valence-electron chi connectivity index (χ0n) is 15.4. The van der Waals surface area contributed by atoms with Crippen molar-refractivity contribution < 1.29 is 19.4 Å². The SMILES string of the molecule is CC(C)(C)c1ccc([C@@H](CC(=O)O)NC(=O)OCc2ccccc2)cc1. The van der Waals surface area contributed by atoms with Crippen molar-refractivity contribution in [2.24, 2.45) is 0 Å². The molecule has 5 heteroatoms. The smallest absolute Gasteiger partial charge is 0.407 e. The van der Waals surface area contributed by atoms with Gasteiger partial charge in [0.2, 0.25) is 0 Å². The highest BCUT2D eigenvalue weighted by Crippen LogP contribution is 2.25. The lowest BCUT2D eigenvalue weighted by molar-refractivity contribution is -0.137. The molecule has 1 atom stereocenters. The molecule has 0 aliphatic heterocycles. The fraction of sp³-hybridized carbons (Fsp3) is 0.333. The van der Waals surface area contributed by atoms with Crippen LogP contribution in [0.25, 0.3) is 0 Å². The molecule has 0 aromatic heterocycles. The highest BCUT2D eigenvalue weighted by molar-refractivity contribution is 5.72. The Balaban J connectivity index is 2.04. The van der Waals surface area contributed by atoms with Crippen molar-refractivity contribution in [1.82, 2.24) is 5.32 Å². The second-order valence-corrected chi connectivity index (χ2v) is 7.23. The van der Waals surface area contributed by atoms with E-state index in [2.05, 4.69) is 26.1 Å². The number of hydrogen-bond acceptors (Lipinski definition) is 3. The summed E-state index contributed by atoms with van der Waals surface area (Å²) in [7, 11) is 0. The van der Waals surface area contributed by atoms with E-state index in [0.29, 0.717) is 0 Å². The van der Waals surface area contributed by atoms with Gasteiger partial charge in [0.1, 0.15) is 6.61 Å². The largest absolute Gasteiger partial charge is 0.481 e. The first-order valence-electron chi connectivity index (χ1n) is 8.55. The first kappa shape index (κ1) is 19.5. The molecule has 0 radical (unpaired) electrons. The lowest BCUT2D eigenvalue weighted by Crippen LogP contribution is -2.30. The highest BCUT2D eigenvalue weighted by atomic mass is 16.5. The van der Waals surface area contributed by atoms with E-state index < -0.39 is 18.1 Å². The molecule has 2 aromatic rings. The molecule has 0 spiro atoms. The molecule has 26 heavy (non-hydrogen) atoms. The molecule has 0 unspecified atom stereocenters. The van der Waals surface area contributed by atoms with E-state index >= 15 is 0 Å². The van der Waals surface area contributed by atoms with Gasteiger partial charge in [-0.1, -0.05) is 75.4 Å². The summed E-state index contributed by atoms with van der Waals surface area (Å²) in [6, 6.07) is 16.3. The van der Waals surface area contributed by atoms with Crippen LogP contribution >= 0.6 is 0 Å². The average Bonchev–Trinajstić information content (AvgIpc) is 2.59. The highest BCUT2D eigenvalue weighted by Gasteiger charge is 2.20. The fourth-order valence-electron chi connectivity index (χ4n) is 2.55. The van der Waals surface area contributed by atoms with Crippen molar-refractivity contribution in [2.45, 2.75) is 45.3 Å². The number of ether oxygens (including phenoxy) is 1. The van der Waals surface area contributed by atoms with Gasteiger partial charge in [0.05, 0.1) is 12.5 Å². The van der Waals surface area contributed by atoms with Crippen LogP contribution in [0.2, 0.25) is 0 Å². The summed E-state index contributed by atoms with van der Waals surface area (Å²) in [5, 5.41) is 11.8.